The summed E-state index contributed by atoms with van der Waals surface area (Å²) in [6, 6.07) is 19.9. The van der Waals surface area contributed by atoms with Crippen molar-refractivity contribution in [2.75, 3.05) is 7.11 Å². The van der Waals surface area contributed by atoms with E-state index < -0.39 is 0 Å². The van der Waals surface area contributed by atoms with Gasteiger partial charge in [-0.05, 0) is 42.1 Å². The molecule has 7 heteroatoms. The summed E-state index contributed by atoms with van der Waals surface area (Å²) in [5.41, 5.74) is 2.83. The molecule has 0 fully saturated rings. The van der Waals surface area contributed by atoms with Crippen LogP contribution in [0.3, 0.4) is 0 Å². The smallest absolute Gasteiger partial charge is 0.192 e. The Balaban J connectivity index is 1.65. The van der Waals surface area contributed by atoms with Crippen LogP contribution in [0.5, 0.6) is 5.75 Å². The van der Waals surface area contributed by atoms with Gasteiger partial charge in [-0.15, -0.1) is 21.5 Å². The molecule has 0 aliphatic rings. The Morgan fingerprint density at radius 3 is 2.63 bits per heavy atom. The van der Waals surface area contributed by atoms with Crippen molar-refractivity contribution in [3.8, 4) is 16.5 Å². The van der Waals surface area contributed by atoms with Crippen molar-refractivity contribution in [2.24, 2.45) is 0 Å². The molecular weight excluding hydrogens is 414 g/mol. The molecule has 5 nitrogen and oxygen atoms in total. The van der Waals surface area contributed by atoms with E-state index >= 15 is 0 Å². The molecule has 152 valence electrons. The molecule has 0 radical (unpaired) electrons. The van der Waals surface area contributed by atoms with Crippen LogP contribution in [0, 0.1) is 0 Å². The molecule has 30 heavy (non-hydrogen) atoms. The molecule has 0 N–H and O–H groups in total. The molecule has 0 unspecified atom stereocenters. The predicted octanol–water partition coefficient (Wildman–Crippen LogP) is 5.56. The first-order valence-electron chi connectivity index (χ1n) is 9.47. The maximum atomic E-state index is 11.8. The number of nitrogens with zero attached hydrogens (tertiary/aromatic N) is 3. The van der Waals surface area contributed by atoms with Crippen LogP contribution in [0.2, 0.25) is 0 Å². The van der Waals surface area contributed by atoms with E-state index in [2.05, 4.69) is 33.0 Å². The topological polar surface area (TPSA) is 57.0 Å². The van der Waals surface area contributed by atoms with Gasteiger partial charge in [0, 0.05) is 16.9 Å². The average molecular weight is 436 g/mol. The molecule has 0 saturated carbocycles. The molecule has 2 heterocycles. The van der Waals surface area contributed by atoms with Crippen LogP contribution >= 0.6 is 23.1 Å². The van der Waals surface area contributed by atoms with Crippen LogP contribution in [0.25, 0.3) is 10.7 Å². The second-order valence-electron chi connectivity index (χ2n) is 6.73. The lowest BCUT2D eigenvalue weighted by Crippen LogP contribution is -2.04. The Bertz CT molecular complexity index is 1140. The summed E-state index contributed by atoms with van der Waals surface area (Å²) >= 11 is 3.24. The molecule has 0 aliphatic heterocycles. The standard InChI is InChI=1S/C23H21N3O2S2/c1-16(27)18-10-11-20(28-2)19(13-18)15-30-23-25-24-22(21-9-6-12-29-21)26(23)14-17-7-4-3-5-8-17/h3-13H,14-15H2,1-2H3. The van der Waals surface area contributed by atoms with E-state index in [-0.39, 0.29) is 5.78 Å². The van der Waals surface area contributed by atoms with Crippen molar-refractivity contribution in [1.82, 2.24) is 14.8 Å². The van der Waals surface area contributed by atoms with Crippen LogP contribution in [-0.2, 0) is 12.3 Å². The number of ether oxygens (including phenoxy) is 1. The van der Waals surface area contributed by atoms with Gasteiger partial charge in [0.1, 0.15) is 5.75 Å². The molecule has 0 aliphatic carbocycles. The van der Waals surface area contributed by atoms with E-state index in [1.807, 2.05) is 41.8 Å². The van der Waals surface area contributed by atoms with Gasteiger partial charge in [0.2, 0.25) is 0 Å². The maximum absolute atomic E-state index is 11.8. The monoisotopic (exact) mass is 435 g/mol. The van der Waals surface area contributed by atoms with Gasteiger partial charge in [-0.1, -0.05) is 48.2 Å². The molecule has 0 saturated heterocycles. The molecule has 0 bridgehead atoms. The van der Waals surface area contributed by atoms with Crippen molar-refractivity contribution in [3.63, 3.8) is 0 Å². The number of thioether (sulfide) groups is 1. The number of ketones is 1. The second-order valence-corrected chi connectivity index (χ2v) is 8.62. The first-order chi connectivity index (χ1) is 14.7. The van der Waals surface area contributed by atoms with Gasteiger partial charge in [-0.3, -0.25) is 9.36 Å². The van der Waals surface area contributed by atoms with E-state index in [4.69, 9.17) is 4.74 Å². The quantitative estimate of drug-likeness (QED) is 0.268. The van der Waals surface area contributed by atoms with Crippen molar-refractivity contribution in [2.45, 2.75) is 24.4 Å². The number of hydrogen-bond donors (Lipinski definition) is 0. The molecule has 0 spiro atoms. The van der Waals surface area contributed by atoms with Crippen molar-refractivity contribution in [3.05, 3.63) is 82.7 Å². The Labute approximate surface area is 183 Å². The largest absolute Gasteiger partial charge is 0.496 e. The van der Waals surface area contributed by atoms with Crippen LogP contribution < -0.4 is 4.74 Å². The Morgan fingerprint density at radius 2 is 1.93 bits per heavy atom. The summed E-state index contributed by atoms with van der Waals surface area (Å²) in [5.74, 6) is 2.29. The number of benzene rings is 2. The van der Waals surface area contributed by atoms with Gasteiger partial charge in [0.25, 0.3) is 0 Å². The first kappa shape index (κ1) is 20.4. The Hall–Kier alpha value is -2.90. The van der Waals surface area contributed by atoms with Crippen LogP contribution in [0.4, 0.5) is 0 Å². The lowest BCUT2D eigenvalue weighted by molar-refractivity contribution is 0.101. The van der Waals surface area contributed by atoms with Gasteiger partial charge in [0.15, 0.2) is 16.8 Å². The molecule has 0 amide bonds. The number of methoxy groups -OCH3 is 1. The third kappa shape index (κ3) is 4.47. The van der Waals surface area contributed by atoms with E-state index in [1.54, 1.807) is 43.2 Å². The summed E-state index contributed by atoms with van der Waals surface area (Å²) < 4.78 is 7.64. The fourth-order valence-corrected chi connectivity index (χ4v) is 4.78. The van der Waals surface area contributed by atoms with E-state index in [0.717, 1.165) is 27.2 Å². The molecule has 2 aromatic carbocycles. The van der Waals surface area contributed by atoms with E-state index in [0.29, 0.717) is 17.9 Å². The SMILES string of the molecule is COc1ccc(C(C)=O)cc1CSc1nnc(-c2cccs2)n1Cc1ccccc1. The number of aromatic nitrogens is 3. The fourth-order valence-electron chi connectivity index (χ4n) is 3.14. The number of carbonyl (C=O) groups is 1. The van der Waals surface area contributed by atoms with Crippen LogP contribution in [-0.4, -0.2) is 27.7 Å². The number of hydrogen-bond acceptors (Lipinski definition) is 6. The van der Waals surface area contributed by atoms with Gasteiger partial charge in [-0.25, -0.2) is 0 Å². The predicted molar refractivity (Wildman–Crippen MR) is 121 cm³/mol. The molecule has 4 rings (SSSR count). The number of carbonyl (C=O) groups excluding carboxylic acids is 1. The van der Waals surface area contributed by atoms with Gasteiger partial charge >= 0.3 is 0 Å². The lowest BCUT2D eigenvalue weighted by Gasteiger charge is -2.12. The first-order valence-corrected chi connectivity index (χ1v) is 11.3. The Morgan fingerprint density at radius 1 is 1.10 bits per heavy atom. The van der Waals surface area contributed by atoms with E-state index in [1.165, 1.54) is 5.56 Å². The minimum Gasteiger partial charge on any atom is -0.496 e. The Kier molecular flexibility index (Phi) is 6.30. The maximum Gasteiger partial charge on any atom is 0.192 e. The van der Waals surface area contributed by atoms with Crippen molar-refractivity contribution >= 4 is 28.9 Å². The van der Waals surface area contributed by atoms with Crippen LogP contribution in [0.1, 0.15) is 28.4 Å². The zero-order chi connectivity index (χ0) is 20.9. The minimum atomic E-state index is 0.0381. The van der Waals surface area contributed by atoms with E-state index in [9.17, 15) is 4.79 Å². The summed E-state index contributed by atoms with van der Waals surface area (Å²) in [4.78, 5) is 12.9. The van der Waals surface area contributed by atoms with Gasteiger partial charge < -0.3 is 4.74 Å². The lowest BCUT2D eigenvalue weighted by atomic mass is 10.1. The highest BCUT2D eigenvalue weighted by atomic mass is 32.2. The second kappa shape index (κ2) is 9.28. The van der Waals surface area contributed by atoms with Crippen molar-refractivity contribution < 1.29 is 9.53 Å². The number of Topliss-reactive ketones (excluding diaryl/α,β-unsaturated/α-hetero) is 1. The summed E-state index contributed by atoms with van der Waals surface area (Å²) in [6.45, 7) is 2.26. The van der Waals surface area contributed by atoms with Gasteiger partial charge in [-0.2, -0.15) is 0 Å². The van der Waals surface area contributed by atoms with Crippen LogP contribution in [0.15, 0.2) is 71.2 Å². The molecule has 4 aromatic rings. The summed E-state index contributed by atoms with van der Waals surface area (Å²) in [6.07, 6.45) is 0. The highest BCUT2D eigenvalue weighted by Crippen LogP contribution is 2.32. The molecule has 2 aromatic heterocycles. The fraction of sp³-hybridized carbons (Fsp3) is 0.174. The minimum absolute atomic E-state index is 0.0381. The van der Waals surface area contributed by atoms with Gasteiger partial charge in [0.05, 0.1) is 18.5 Å². The number of rotatable bonds is 8. The third-order valence-corrected chi connectivity index (χ3v) is 6.57. The normalized spacial score (nSPS) is 10.9. The average Bonchev–Trinajstić information content (AvgIpc) is 3.43. The zero-order valence-electron chi connectivity index (χ0n) is 16.7. The summed E-state index contributed by atoms with van der Waals surface area (Å²) in [5, 5.41) is 11.8. The zero-order valence-corrected chi connectivity index (χ0v) is 18.4. The highest BCUT2D eigenvalue weighted by Gasteiger charge is 2.17. The van der Waals surface area contributed by atoms with Crippen molar-refractivity contribution in [1.29, 1.82) is 0 Å². The molecular formula is C23H21N3O2S2. The third-order valence-electron chi connectivity index (χ3n) is 4.69. The number of thiophene rings is 1. The summed E-state index contributed by atoms with van der Waals surface area (Å²) in [7, 11) is 1.64. The highest BCUT2D eigenvalue weighted by molar-refractivity contribution is 7.98. The molecule has 0 atom stereocenters.